The topological polar surface area (TPSA) is 68.4 Å². The van der Waals surface area contributed by atoms with Gasteiger partial charge in [-0.1, -0.05) is 23.7 Å². The monoisotopic (exact) mass is 607 g/mol. The van der Waals surface area contributed by atoms with E-state index in [0.29, 0.717) is 30.3 Å². The Hall–Kier alpha value is -3.82. The van der Waals surface area contributed by atoms with Crippen LogP contribution in [0.2, 0.25) is 5.02 Å². The number of aryl methyl sites for hydroxylation is 1. The van der Waals surface area contributed by atoms with Crippen LogP contribution in [0.15, 0.2) is 72.8 Å². The van der Waals surface area contributed by atoms with Crippen LogP contribution in [0.3, 0.4) is 0 Å². The standard InChI is InChI=1S/C33H39ClFN5O3/c1-37(32(41)36-27-11-15-31(16-12-27)43-30-13-9-26(35)10-14-30)29-18-21-40(23-29)33(42)38(2)28-17-20-39(22-28)19-3-4-24-5-7-25(34)8-6-24/h5-16,28-29H,3-4,17-23H2,1-2H3,(H,36,41)/t28-,29+/m1/s1. The average Bonchev–Trinajstić information content (AvgIpc) is 3.70. The molecule has 5 rings (SSSR count). The highest BCUT2D eigenvalue weighted by Crippen LogP contribution is 2.25. The van der Waals surface area contributed by atoms with Gasteiger partial charge in [0, 0.05) is 57.0 Å². The highest BCUT2D eigenvalue weighted by atomic mass is 35.5. The molecule has 2 atom stereocenters. The quantitative estimate of drug-likeness (QED) is 0.299. The molecule has 1 N–H and O–H groups in total. The summed E-state index contributed by atoms with van der Waals surface area (Å²) in [6, 6.07) is 20.7. The van der Waals surface area contributed by atoms with Crippen LogP contribution in [0, 0.1) is 5.82 Å². The van der Waals surface area contributed by atoms with Crippen molar-refractivity contribution in [2.24, 2.45) is 0 Å². The molecule has 0 bridgehead atoms. The fourth-order valence-corrected chi connectivity index (χ4v) is 5.85. The van der Waals surface area contributed by atoms with Gasteiger partial charge in [0.05, 0.1) is 6.04 Å². The van der Waals surface area contributed by atoms with Crippen LogP contribution < -0.4 is 10.1 Å². The lowest BCUT2D eigenvalue weighted by Crippen LogP contribution is -2.48. The van der Waals surface area contributed by atoms with Gasteiger partial charge in [0.1, 0.15) is 17.3 Å². The van der Waals surface area contributed by atoms with Crippen LogP contribution in [0.4, 0.5) is 19.7 Å². The number of anilines is 1. The Morgan fingerprint density at radius 1 is 0.884 bits per heavy atom. The maximum Gasteiger partial charge on any atom is 0.321 e. The summed E-state index contributed by atoms with van der Waals surface area (Å²) in [6.45, 7) is 4.02. The number of rotatable bonds is 9. The number of urea groups is 2. The number of carbonyl (C=O) groups is 2. The first kappa shape index (κ1) is 30.6. The summed E-state index contributed by atoms with van der Waals surface area (Å²) in [5, 5.41) is 3.68. The van der Waals surface area contributed by atoms with Crippen molar-refractivity contribution in [1.29, 1.82) is 0 Å². The van der Waals surface area contributed by atoms with E-state index in [1.54, 1.807) is 48.3 Å². The average molecular weight is 608 g/mol. The van der Waals surface area contributed by atoms with Crippen molar-refractivity contribution in [3.8, 4) is 11.5 Å². The summed E-state index contributed by atoms with van der Waals surface area (Å²) in [7, 11) is 3.67. The van der Waals surface area contributed by atoms with E-state index >= 15 is 0 Å². The highest BCUT2D eigenvalue weighted by molar-refractivity contribution is 6.30. The normalized spacial score (nSPS) is 18.5. The number of benzene rings is 3. The summed E-state index contributed by atoms with van der Waals surface area (Å²) in [4.78, 5) is 34.2. The molecule has 3 aromatic carbocycles. The zero-order chi connectivity index (χ0) is 30.3. The van der Waals surface area contributed by atoms with Gasteiger partial charge in [-0.05, 0) is 98.5 Å². The van der Waals surface area contributed by atoms with Gasteiger partial charge in [-0.25, -0.2) is 14.0 Å². The molecule has 0 radical (unpaired) electrons. The number of halogens is 2. The molecule has 0 unspecified atom stereocenters. The molecule has 0 aromatic heterocycles. The lowest BCUT2D eigenvalue weighted by molar-refractivity contribution is 0.151. The van der Waals surface area contributed by atoms with Crippen molar-refractivity contribution >= 4 is 29.4 Å². The molecule has 4 amide bonds. The van der Waals surface area contributed by atoms with Gasteiger partial charge in [0.15, 0.2) is 0 Å². The zero-order valence-corrected chi connectivity index (χ0v) is 25.5. The number of likely N-dealkylation sites (tertiary alicyclic amines) is 2. The summed E-state index contributed by atoms with van der Waals surface area (Å²) < 4.78 is 18.8. The minimum Gasteiger partial charge on any atom is -0.457 e. The number of nitrogens with one attached hydrogen (secondary N) is 1. The Morgan fingerprint density at radius 3 is 2.21 bits per heavy atom. The Kier molecular flexibility index (Phi) is 10.0. The van der Waals surface area contributed by atoms with Crippen LogP contribution in [0.5, 0.6) is 11.5 Å². The van der Waals surface area contributed by atoms with Crippen LogP contribution in [-0.2, 0) is 6.42 Å². The Balaban J connectivity index is 1.04. The second-order valence-corrected chi connectivity index (χ2v) is 11.8. The van der Waals surface area contributed by atoms with Crippen LogP contribution in [-0.4, -0.2) is 90.6 Å². The van der Waals surface area contributed by atoms with Gasteiger partial charge in [-0.3, -0.25) is 0 Å². The van der Waals surface area contributed by atoms with Crippen molar-refractivity contribution < 1.29 is 18.7 Å². The molecule has 3 aromatic rings. The Labute approximate surface area is 258 Å². The second-order valence-electron chi connectivity index (χ2n) is 11.4. The number of ether oxygens (including phenoxy) is 1. The third-order valence-electron chi connectivity index (χ3n) is 8.41. The third kappa shape index (κ3) is 8.18. The van der Waals surface area contributed by atoms with E-state index in [4.69, 9.17) is 16.3 Å². The number of nitrogens with zero attached hydrogens (tertiary/aromatic N) is 4. The van der Waals surface area contributed by atoms with Gasteiger partial charge in [-0.15, -0.1) is 0 Å². The van der Waals surface area contributed by atoms with Crippen LogP contribution >= 0.6 is 11.6 Å². The number of hydrogen-bond donors (Lipinski definition) is 1. The number of likely N-dealkylation sites (N-methyl/N-ethyl adjacent to an activating group) is 2. The molecule has 43 heavy (non-hydrogen) atoms. The SMILES string of the molecule is CN(C(=O)Nc1ccc(Oc2ccc(F)cc2)cc1)[C@H]1CCN(C(=O)N(C)[C@@H]2CCN(CCCc3ccc(Cl)cc3)C2)C1. The van der Waals surface area contributed by atoms with Gasteiger partial charge < -0.3 is 29.7 Å². The minimum absolute atomic E-state index is 0.0288. The molecule has 2 heterocycles. The first-order valence-corrected chi connectivity index (χ1v) is 15.2. The molecular weight excluding hydrogens is 569 g/mol. The molecule has 10 heteroatoms. The van der Waals surface area contributed by atoms with E-state index in [9.17, 15) is 14.0 Å². The van der Waals surface area contributed by atoms with E-state index in [0.717, 1.165) is 50.3 Å². The highest BCUT2D eigenvalue weighted by Gasteiger charge is 2.35. The first-order chi connectivity index (χ1) is 20.7. The van der Waals surface area contributed by atoms with Gasteiger partial charge in [0.25, 0.3) is 0 Å². The Morgan fingerprint density at radius 2 is 1.51 bits per heavy atom. The van der Waals surface area contributed by atoms with E-state index in [1.807, 2.05) is 29.0 Å². The van der Waals surface area contributed by atoms with Gasteiger partial charge in [0.2, 0.25) is 0 Å². The van der Waals surface area contributed by atoms with Crippen molar-refractivity contribution in [3.05, 3.63) is 89.2 Å². The predicted octanol–water partition coefficient (Wildman–Crippen LogP) is 6.57. The number of amides is 4. The van der Waals surface area contributed by atoms with Crippen molar-refractivity contribution in [3.63, 3.8) is 0 Å². The molecule has 0 aliphatic carbocycles. The van der Waals surface area contributed by atoms with E-state index < -0.39 is 0 Å². The minimum atomic E-state index is -0.325. The van der Waals surface area contributed by atoms with Crippen LogP contribution in [0.1, 0.15) is 24.8 Å². The van der Waals surface area contributed by atoms with Crippen molar-refractivity contribution in [2.45, 2.75) is 37.8 Å². The summed E-state index contributed by atoms with van der Waals surface area (Å²) in [6.07, 6.45) is 3.79. The third-order valence-corrected chi connectivity index (χ3v) is 8.66. The largest absolute Gasteiger partial charge is 0.457 e. The molecular formula is C33H39ClFN5O3. The lowest BCUT2D eigenvalue weighted by Gasteiger charge is -2.30. The molecule has 0 saturated carbocycles. The maximum absolute atomic E-state index is 13.3. The molecule has 2 fully saturated rings. The fraction of sp³-hybridized carbons (Fsp3) is 0.394. The van der Waals surface area contributed by atoms with Crippen molar-refractivity contribution in [2.75, 3.05) is 52.1 Å². The summed E-state index contributed by atoms with van der Waals surface area (Å²) in [5.74, 6) is 0.782. The number of carbonyl (C=O) groups excluding carboxylic acids is 2. The lowest BCUT2D eigenvalue weighted by atomic mass is 10.1. The molecule has 8 nitrogen and oxygen atoms in total. The van der Waals surface area contributed by atoms with Crippen molar-refractivity contribution in [1.82, 2.24) is 19.6 Å². The second kappa shape index (κ2) is 14.1. The van der Waals surface area contributed by atoms with E-state index in [2.05, 4.69) is 22.3 Å². The van der Waals surface area contributed by atoms with E-state index in [1.165, 1.54) is 17.7 Å². The molecule has 2 aliphatic rings. The zero-order valence-electron chi connectivity index (χ0n) is 24.7. The number of hydrogen-bond acceptors (Lipinski definition) is 4. The van der Waals surface area contributed by atoms with E-state index in [-0.39, 0.29) is 30.0 Å². The molecule has 2 saturated heterocycles. The fourth-order valence-electron chi connectivity index (χ4n) is 5.72. The maximum atomic E-state index is 13.3. The smallest absolute Gasteiger partial charge is 0.321 e. The molecule has 2 aliphatic heterocycles. The van der Waals surface area contributed by atoms with Gasteiger partial charge >= 0.3 is 12.1 Å². The Bertz CT molecular complexity index is 1370. The molecule has 228 valence electrons. The summed E-state index contributed by atoms with van der Waals surface area (Å²) in [5.41, 5.74) is 1.92. The van der Waals surface area contributed by atoms with Crippen LogP contribution in [0.25, 0.3) is 0 Å². The van der Waals surface area contributed by atoms with Gasteiger partial charge in [-0.2, -0.15) is 0 Å². The predicted molar refractivity (Wildman–Crippen MR) is 167 cm³/mol. The first-order valence-electron chi connectivity index (χ1n) is 14.8. The molecule has 0 spiro atoms. The summed E-state index contributed by atoms with van der Waals surface area (Å²) >= 11 is 5.99.